The van der Waals surface area contributed by atoms with Crippen LogP contribution in [-0.2, 0) is 32.3 Å². The molecule has 0 fully saturated rings. The first-order chi connectivity index (χ1) is 14.8. The van der Waals surface area contributed by atoms with E-state index in [1.165, 1.54) is 49.2 Å². The molecule has 0 radical (unpaired) electrons. The Morgan fingerprint density at radius 3 is 2.42 bits per heavy atom. The minimum Gasteiger partial charge on any atom is -0.179 e. The van der Waals surface area contributed by atoms with Gasteiger partial charge in [0.1, 0.15) is 0 Å². The van der Waals surface area contributed by atoms with E-state index in [4.69, 9.17) is 0 Å². The van der Waals surface area contributed by atoms with Crippen LogP contribution in [0.1, 0.15) is 16.7 Å². The molecule has 1 aliphatic carbocycles. The quantitative estimate of drug-likeness (QED) is 0.124. The van der Waals surface area contributed by atoms with E-state index in [1.807, 2.05) is 6.07 Å². The predicted octanol–water partition coefficient (Wildman–Crippen LogP) is 6.55. The van der Waals surface area contributed by atoms with E-state index in [2.05, 4.69) is 110 Å². The van der Waals surface area contributed by atoms with Crippen molar-refractivity contribution in [3.63, 3.8) is 0 Å². The molecule has 146 valence electrons. The zero-order valence-electron chi connectivity index (χ0n) is 17.5. The molecule has 0 amide bonds. The summed E-state index contributed by atoms with van der Waals surface area (Å²) >= 11 is 0. The van der Waals surface area contributed by atoms with Crippen molar-refractivity contribution in [3.05, 3.63) is 126 Å². The first-order valence-corrected chi connectivity index (χ1v) is 11.3. The van der Waals surface area contributed by atoms with Crippen LogP contribution in [0.25, 0.3) is 21.9 Å². The molecule has 5 aromatic carbocycles. The van der Waals surface area contributed by atoms with E-state index in [9.17, 15) is 0 Å². The Labute approximate surface area is 205 Å². The van der Waals surface area contributed by atoms with E-state index in [0.717, 1.165) is 15.0 Å². The number of rotatable bonds is 2. The smallest absolute Gasteiger partial charge is 0.179 e. The summed E-state index contributed by atoms with van der Waals surface area (Å²) in [6.45, 7) is 2.19. The number of hydrogen-bond donors (Lipinski definition) is 0. The van der Waals surface area contributed by atoms with Gasteiger partial charge in [-0.25, -0.2) is 0 Å². The fourth-order valence-electron chi connectivity index (χ4n) is 4.12. The molecule has 0 bridgehead atoms. The molecule has 0 saturated carbocycles. The summed E-state index contributed by atoms with van der Waals surface area (Å²) in [6, 6.07) is 39.9. The molecule has 0 saturated heterocycles. The Morgan fingerprint density at radius 1 is 0.774 bits per heavy atom. The molecule has 0 N–H and O–H groups in total. The standard InChI is InChI=1S/C16H14P.C13H9.Hf/c1-12-6-2-5-9-15(12)17-16-11-10-13-7-3-4-8-14(13)16;1-3-7-12-10(5-1)9-11-6-2-4-8-13(11)12;/h2-11,17H,1H3;1-5,7-8H,9H2;/q2*-1;+4. The molecule has 1 unspecified atom stereocenters. The van der Waals surface area contributed by atoms with Crippen LogP contribution < -0.4 is 10.6 Å². The van der Waals surface area contributed by atoms with E-state index >= 15 is 0 Å². The van der Waals surface area contributed by atoms with Crippen LogP contribution >= 0.6 is 8.58 Å². The average Bonchev–Trinajstić information content (AvgIpc) is 3.37. The van der Waals surface area contributed by atoms with E-state index < -0.39 is 0 Å². The third kappa shape index (κ3) is 4.69. The summed E-state index contributed by atoms with van der Waals surface area (Å²) < 4.78 is 0. The Balaban J connectivity index is 0.000000149. The molecule has 31 heavy (non-hydrogen) atoms. The summed E-state index contributed by atoms with van der Waals surface area (Å²) in [5.74, 6) is 0. The van der Waals surface area contributed by atoms with Crippen molar-refractivity contribution in [3.8, 4) is 11.1 Å². The van der Waals surface area contributed by atoms with Gasteiger partial charge in [-0.3, -0.25) is 0 Å². The van der Waals surface area contributed by atoms with Crippen LogP contribution in [-0.4, -0.2) is 0 Å². The minimum atomic E-state index is 0. The molecule has 0 nitrogen and oxygen atoms in total. The molecule has 0 aliphatic heterocycles. The van der Waals surface area contributed by atoms with Crippen molar-refractivity contribution in [2.24, 2.45) is 0 Å². The number of hydrogen-bond acceptors (Lipinski definition) is 0. The van der Waals surface area contributed by atoms with Crippen molar-refractivity contribution < 1.29 is 25.8 Å². The number of aryl methyl sites for hydroxylation is 1. The summed E-state index contributed by atoms with van der Waals surface area (Å²) in [4.78, 5) is 0. The summed E-state index contributed by atoms with van der Waals surface area (Å²) in [5, 5.41) is 5.65. The van der Waals surface area contributed by atoms with Crippen molar-refractivity contribution in [1.29, 1.82) is 0 Å². The first-order valence-electron chi connectivity index (χ1n) is 10.3. The monoisotopic (exact) mass is 582 g/mol. The van der Waals surface area contributed by atoms with Gasteiger partial charge in [0.25, 0.3) is 0 Å². The Kier molecular flexibility index (Phi) is 7.06. The van der Waals surface area contributed by atoms with Crippen molar-refractivity contribution >= 4 is 30.0 Å². The van der Waals surface area contributed by atoms with Gasteiger partial charge >= 0.3 is 25.8 Å². The zero-order valence-corrected chi connectivity index (χ0v) is 22.1. The maximum absolute atomic E-state index is 3.30. The van der Waals surface area contributed by atoms with Crippen molar-refractivity contribution in [2.45, 2.75) is 13.3 Å². The van der Waals surface area contributed by atoms with Gasteiger partial charge in [-0.2, -0.15) is 35.9 Å². The first kappa shape index (κ1) is 22.0. The van der Waals surface area contributed by atoms with Gasteiger partial charge < -0.3 is 0 Å². The summed E-state index contributed by atoms with van der Waals surface area (Å²) in [5.41, 5.74) is 6.90. The maximum Gasteiger partial charge on any atom is 4.00 e. The van der Waals surface area contributed by atoms with Gasteiger partial charge in [0.15, 0.2) is 0 Å². The molecular weight excluding hydrogens is 558 g/mol. The van der Waals surface area contributed by atoms with Crippen LogP contribution in [0.5, 0.6) is 0 Å². The van der Waals surface area contributed by atoms with Gasteiger partial charge in [-0.15, -0.1) is 54.5 Å². The van der Waals surface area contributed by atoms with Gasteiger partial charge in [-0.1, -0.05) is 65.7 Å². The molecular formula is C29H23HfP+2. The van der Waals surface area contributed by atoms with E-state index in [0.29, 0.717) is 0 Å². The Morgan fingerprint density at radius 2 is 1.52 bits per heavy atom. The van der Waals surface area contributed by atoms with Crippen LogP contribution in [0.15, 0.2) is 103 Å². The Bertz CT molecular complexity index is 1270. The second kappa shape index (κ2) is 9.94. The molecule has 2 heteroatoms. The summed E-state index contributed by atoms with van der Waals surface area (Å²) in [7, 11) is 0.754. The average molecular weight is 581 g/mol. The predicted molar refractivity (Wildman–Crippen MR) is 132 cm³/mol. The van der Waals surface area contributed by atoms with Crippen LogP contribution in [0.4, 0.5) is 0 Å². The molecule has 1 aliphatic rings. The van der Waals surface area contributed by atoms with Crippen LogP contribution in [0, 0.1) is 13.0 Å². The van der Waals surface area contributed by atoms with Gasteiger partial charge in [0.2, 0.25) is 0 Å². The third-order valence-electron chi connectivity index (χ3n) is 5.71. The topological polar surface area (TPSA) is 0 Å². The zero-order chi connectivity index (χ0) is 20.3. The second-order valence-electron chi connectivity index (χ2n) is 7.67. The molecule has 5 aromatic rings. The summed E-state index contributed by atoms with van der Waals surface area (Å²) in [6.07, 6.45) is 1.05. The normalized spacial score (nSPS) is 11.5. The molecule has 0 heterocycles. The maximum atomic E-state index is 3.30. The van der Waals surface area contributed by atoms with Crippen molar-refractivity contribution in [2.75, 3.05) is 0 Å². The van der Waals surface area contributed by atoms with Gasteiger partial charge in [0, 0.05) is 0 Å². The molecule has 1 atom stereocenters. The van der Waals surface area contributed by atoms with Gasteiger partial charge in [0.05, 0.1) is 0 Å². The minimum absolute atomic E-state index is 0. The molecule has 0 aromatic heterocycles. The SMILES string of the molecule is Cc1ccccc1P[c-]1ccc2ccccc21.[Hf+4].[c-]1cccc2c1Cc1ccccc1-2. The third-order valence-corrected chi connectivity index (χ3v) is 7.25. The number of fused-ring (bicyclic) bond motifs is 4. The second-order valence-corrected chi connectivity index (χ2v) is 9.00. The van der Waals surface area contributed by atoms with Crippen molar-refractivity contribution in [1.82, 2.24) is 0 Å². The number of benzene rings is 4. The largest absolute Gasteiger partial charge is 4.00 e. The van der Waals surface area contributed by atoms with E-state index in [-0.39, 0.29) is 25.8 Å². The fourth-order valence-corrected chi connectivity index (χ4v) is 5.39. The molecule has 0 spiro atoms. The van der Waals surface area contributed by atoms with Crippen LogP contribution in [0.3, 0.4) is 0 Å². The fraction of sp³-hybridized carbons (Fsp3) is 0.0690. The van der Waals surface area contributed by atoms with Gasteiger partial charge in [-0.05, 0) is 24.2 Å². The van der Waals surface area contributed by atoms with E-state index in [1.54, 1.807) is 0 Å². The Hall–Kier alpha value is -2.21. The van der Waals surface area contributed by atoms with Crippen LogP contribution in [0.2, 0.25) is 0 Å². The molecule has 6 rings (SSSR count).